The monoisotopic (exact) mass is 242 g/mol. The van der Waals surface area contributed by atoms with Gasteiger partial charge < -0.3 is 4.57 Å². The summed E-state index contributed by atoms with van der Waals surface area (Å²) in [6.07, 6.45) is 11.0. The first-order valence-corrected chi connectivity index (χ1v) is 5.81. The van der Waals surface area contributed by atoms with Crippen LogP contribution in [0, 0.1) is 5.92 Å². The quantitative estimate of drug-likeness (QED) is 0.779. The average Bonchev–Trinajstić information content (AvgIpc) is 2.53. The van der Waals surface area contributed by atoms with Crippen LogP contribution >= 0.6 is 15.9 Å². The first-order valence-electron chi connectivity index (χ1n) is 5.02. The van der Waals surface area contributed by atoms with Gasteiger partial charge >= 0.3 is 0 Å². The number of nitrogens with zero attached hydrogens (tertiary/aromatic N) is 2. The van der Waals surface area contributed by atoms with Crippen molar-refractivity contribution in [2.45, 2.75) is 38.6 Å². The molecule has 1 aliphatic rings. The summed E-state index contributed by atoms with van der Waals surface area (Å²) >= 11 is 3.37. The van der Waals surface area contributed by atoms with Crippen molar-refractivity contribution in [3.8, 4) is 0 Å². The van der Waals surface area contributed by atoms with Crippen LogP contribution in [0.15, 0.2) is 17.1 Å². The van der Waals surface area contributed by atoms with Gasteiger partial charge in [-0.25, -0.2) is 4.98 Å². The average molecular weight is 243 g/mol. The summed E-state index contributed by atoms with van der Waals surface area (Å²) < 4.78 is 3.14. The molecule has 72 valence electrons. The molecule has 0 spiro atoms. The molecule has 0 radical (unpaired) electrons. The van der Waals surface area contributed by atoms with Crippen LogP contribution in [-0.4, -0.2) is 9.55 Å². The molecular formula is C10H15BrN2. The van der Waals surface area contributed by atoms with Crippen molar-refractivity contribution in [3.63, 3.8) is 0 Å². The van der Waals surface area contributed by atoms with E-state index < -0.39 is 0 Å². The zero-order valence-corrected chi connectivity index (χ0v) is 9.33. The number of aromatic nitrogens is 2. The Hall–Kier alpha value is -0.310. The minimum absolute atomic E-state index is 0.884. The third kappa shape index (κ3) is 2.56. The molecule has 3 heteroatoms. The van der Waals surface area contributed by atoms with Crippen molar-refractivity contribution in [2.24, 2.45) is 5.92 Å². The molecule has 13 heavy (non-hydrogen) atoms. The van der Waals surface area contributed by atoms with E-state index in [9.17, 15) is 0 Å². The lowest BCUT2D eigenvalue weighted by atomic mass is 9.89. The van der Waals surface area contributed by atoms with E-state index in [1.165, 1.54) is 32.1 Å². The van der Waals surface area contributed by atoms with Crippen LogP contribution in [0.3, 0.4) is 0 Å². The van der Waals surface area contributed by atoms with Crippen molar-refractivity contribution in [3.05, 3.63) is 17.1 Å². The smallest absolute Gasteiger partial charge is 0.124 e. The maximum Gasteiger partial charge on any atom is 0.124 e. The lowest BCUT2D eigenvalue weighted by Crippen LogP contribution is -2.12. The molecule has 1 fully saturated rings. The second-order valence-corrected chi connectivity index (χ2v) is 4.71. The molecule has 1 aromatic heterocycles. The van der Waals surface area contributed by atoms with Crippen LogP contribution in [0.2, 0.25) is 0 Å². The maximum atomic E-state index is 4.16. The molecule has 0 amide bonds. The molecule has 0 unspecified atom stereocenters. The Balaban J connectivity index is 1.89. The minimum Gasteiger partial charge on any atom is -0.336 e. The van der Waals surface area contributed by atoms with Crippen molar-refractivity contribution < 1.29 is 0 Å². The van der Waals surface area contributed by atoms with Gasteiger partial charge in [-0.3, -0.25) is 0 Å². The number of halogens is 1. The van der Waals surface area contributed by atoms with E-state index in [4.69, 9.17) is 0 Å². The predicted molar refractivity (Wildman–Crippen MR) is 56.5 cm³/mol. The summed E-state index contributed by atoms with van der Waals surface area (Å²) in [7, 11) is 0. The third-order valence-corrected chi connectivity index (χ3v) is 3.20. The molecule has 2 rings (SSSR count). The standard InChI is InChI=1S/C10H15BrN2/c11-10-7-13(8-12-10)6-9-4-2-1-3-5-9/h7-9H,1-6H2. The number of imidazole rings is 1. The fourth-order valence-electron chi connectivity index (χ4n) is 2.10. The minimum atomic E-state index is 0.884. The van der Waals surface area contributed by atoms with E-state index >= 15 is 0 Å². The summed E-state index contributed by atoms with van der Waals surface area (Å²) in [5.74, 6) is 0.884. The van der Waals surface area contributed by atoms with Gasteiger partial charge in [-0.1, -0.05) is 19.3 Å². The van der Waals surface area contributed by atoms with Gasteiger partial charge in [-0.2, -0.15) is 0 Å². The number of hydrogen-bond donors (Lipinski definition) is 0. The first-order chi connectivity index (χ1) is 6.34. The lowest BCUT2D eigenvalue weighted by molar-refractivity contribution is 0.319. The Labute approximate surface area is 87.5 Å². The van der Waals surface area contributed by atoms with E-state index in [1.807, 2.05) is 6.33 Å². The van der Waals surface area contributed by atoms with Crippen LogP contribution in [0.4, 0.5) is 0 Å². The van der Waals surface area contributed by atoms with E-state index in [2.05, 4.69) is 31.7 Å². The summed E-state index contributed by atoms with van der Waals surface area (Å²) in [6, 6.07) is 0. The molecule has 0 saturated heterocycles. The molecular weight excluding hydrogens is 228 g/mol. The van der Waals surface area contributed by atoms with E-state index in [0.717, 1.165) is 17.1 Å². The van der Waals surface area contributed by atoms with E-state index in [1.54, 1.807) is 0 Å². The number of hydrogen-bond acceptors (Lipinski definition) is 1. The molecule has 0 bridgehead atoms. The lowest BCUT2D eigenvalue weighted by Gasteiger charge is -2.21. The van der Waals surface area contributed by atoms with E-state index in [-0.39, 0.29) is 0 Å². The predicted octanol–water partition coefficient (Wildman–Crippen LogP) is 3.23. The Morgan fingerprint density at radius 2 is 2.15 bits per heavy atom. The zero-order chi connectivity index (χ0) is 9.10. The van der Waals surface area contributed by atoms with Crippen LogP contribution in [0.25, 0.3) is 0 Å². The second-order valence-electron chi connectivity index (χ2n) is 3.90. The highest BCUT2D eigenvalue weighted by molar-refractivity contribution is 9.10. The Bertz CT molecular complexity index is 264. The summed E-state index contributed by atoms with van der Waals surface area (Å²) in [5, 5.41) is 0. The Kier molecular flexibility index (Phi) is 3.04. The molecule has 0 atom stereocenters. The first kappa shape index (κ1) is 9.25. The van der Waals surface area contributed by atoms with E-state index in [0.29, 0.717) is 0 Å². The van der Waals surface area contributed by atoms with Gasteiger partial charge in [0.25, 0.3) is 0 Å². The summed E-state index contributed by atoms with van der Waals surface area (Å²) in [4.78, 5) is 4.16. The molecule has 1 heterocycles. The maximum absolute atomic E-state index is 4.16. The van der Waals surface area contributed by atoms with Crippen LogP contribution in [0.5, 0.6) is 0 Å². The van der Waals surface area contributed by atoms with Crippen LogP contribution in [-0.2, 0) is 6.54 Å². The van der Waals surface area contributed by atoms with Crippen molar-refractivity contribution in [1.82, 2.24) is 9.55 Å². The van der Waals surface area contributed by atoms with Gasteiger partial charge in [-0.15, -0.1) is 0 Å². The molecule has 0 N–H and O–H groups in total. The van der Waals surface area contributed by atoms with Crippen molar-refractivity contribution in [1.29, 1.82) is 0 Å². The summed E-state index contributed by atoms with van der Waals surface area (Å²) in [5.41, 5.74) is 0. The Morgan fingerprint density at radius 3 is 2.77 bits per heavy atom. The van der Waals surface area contributed by atoms with Gasteiger partial charge in [0.1, 0.15) is 4.60 Å². The number of rotatable bonds is 2. The third-order valence-electron chi connectivity index (χ3n) is 2.80. The SMILES string of the molecule is Brc1cn(CC2CCCCC2)cn1. The zero-order valence-electron chi connectivity index (χ0n) is 7.75. The van der Waals surface area contributed by atoms with Gasteiger partial charge in [-0.05, 0) is 34.7 Å². The molecule has 1 aromatic rings. The largest absolute Gasteiger partial charge is 0.336 e. The highest BCUT2D eigenvalue weighted by Crippen LogP contribution is 2.25. The van der Waals surface area contributed by atoms with Gasteiger partial charge in [0.05, 0.1) is 6.33 Å². The fraction of sp³-hybridized carbons (Fsp3) is 0.700. The fourth-order valence-corrected chi connectivity index (χ4v) is 2.46. The van der Waals surface area contributed by atoms with Gasteiger partial charge in [0.15, 0.2) is 0 Å². The van der Waals surface area contributed by atoms with Crippen LogP contribution < -0.4 is 0 Å². The Morgan fingerprint density at radius 1 is 1.38 bits per heavy atom. The van der Waals surface area contributed by atoms with Gasteiger partial charge in [0.2, 0.25) is 0 Å². The highest BCUT2D eigenvalue weighted by atomic mass is 79.9. The van der Waals surface area contributed by atoms with Crippen LogP contribution in [0.1, 0.15) is 32.1 Å². The molecule has 0 aliphatic heterocycles. The second kappa shape index (κ2) is 4.27. The molecule has 1 saturated carbocycles. The molecule has 1 aliphatic carbocycles. The molecule has 2 nitrogen and oxygen atoms in total. The normalized spacial score (nSPS) is 19.2. The molecule has 0 aromatic carbocycles. The topological polar surface area (TPSA) is 17.8 Å². The van der Waals surface area contributed by atoms with Gasteiger partial charge in [0, 0.05) is 12.7 Å². The summed E-state index contributed by atoms with van der Waals surface area (Å²) in [6.45, 7) is 1.15. The van der Waals surface area contributed by atoms with Crippen molar-refractivity contribution >= 4 is 15.9 Å². The highest BCUT2D eigenvalue weighted by Gasteiger charge is 2.13. The van der Waals surface area contributed by atoms with Crippen molar-refractivity contribution in [2.75, 3.05) is 0 Å².